The van der Waals surface area contributed by atoms with Crippen molar-refractivity contribution in [2.75, 3.05) is 0 Å². The van der Waals surface area contributed by atoms with Gasteiger partial charge < -0.3 is 19.5 Å². The van der Waals surface area contributed by atoms with Crippen molar-refractivity contribution >= 4 is 34.2 Å². The number of nitrogens with zero attached hydrogens (tertiary/aromatic N) is 1. The number of hydrogen-bond acceptors (Lipinski definition) is 6. The molecule has 1 aliphatic heterocycles. The maximum absolute atomic E-state index is 13.0. The Morgan fingerprint density at radius 1 is 1.13 bits per heavy atom. The van der Waals surface area contributed by atoms with E-state index in [-0.39, 0.29) is 49.0 Å². The molecular formula is C24H20N2O5. The molecule has 0 spiro atoms. The molecule has 2 aliphatic rings. The summed E-state index contributed by atoms with van der Waals surface area (Å²) in [6.45, 7) is 0.586. The number of rotatable bonds is 4. The van der Waals surface area contributed by atoms with Crippen LogP contribution in [0.25, 0.3) is 11.0 Å². The number of fused-ring (bicyclic) bond motifs is 2. The number of Topliss-reactive ketones (excluding diaryl/α,β-unsaturated/α-hetero) is 2. The molecule has 0 saturated heterocycles. The predicted octanol–water partition coefficient (Wildman–Crippen LogP) is 3.68. The quantitative estimate of drug-likeness (QED) is 0.654. The lowest BCUT2D eigenvalue weighted by Crippen LogP contribution is -2.41. The second-order valence-electron chi connectivity index (χ2n) is 7.90. The fourth-order valence-corrected chi connectivity index (χ4v) is 4.28. The standard InChI is InChI=1S/C24H20N2O5/c25-18-11-21(28)19(5-6-20(18)27)26-12-17-16(24(26)29)2-1-3-23(17)31-13-14-4-7-22-15(10-14)8-9-30-22/h1-4,7-10,19,25H,5-6,11-13H2. The maximum Gasteiger partial charge on any atom is 0.255 e. The van der Waals surface area contributed by atoms with Gasteiger partial charge in [0, 0.05) is 22.9 Å². The topological polar surface area (TPSA) is 101 Å². The van der Waals surface area contributed by atoms with Crippen molar-refractivity contribution in [3.05, 3.63) is 65.4 Å². The number of ether oxygens (including phenoxy) is 1. The molecule has 1 fully saturated rings. The highest BCUT2D eigenvalue weighted by atomic mass is 16.5. The zero-order chi connectivity index (χ0) is 21.5. The third kappa shape index (κ3) is 3.42. The fraction of sp³-hybridized carbons (Fsp3) is 0.250. The molecule has 7 nitrogen and oxygen atoms in total. The Hall–Kier alpha value is -3.74. The van der Waals surface area contributed by atoms with Crippen LogP contribution >= 0.6 is 0 Å². The lowest BCUT2D eigenvalue weighted by Gasteiger charge is -2.25. The molecule has 1 atom stereocenters. The Morgan fingerprint density at radius 2 is 2.00 bits per heavy atom. The Morgan fingerprint density at radius 3 is 2.87 bits per heavy atom. The minimum absolute atomic E-state index is 0.106. The summed E-state index contributed by atoms with van der Waals surface area (Å²) in [5.41, 5.74) is 2.88. The Balaban J connectivity index is 1.36. The van der Waals surface area contributed by atoms with Crippen molar-refractivity contribution < 1.29 is 23.5 Å². The van der Waals surface area contributed by atoms with Crippen molar-refractivity contribution in [2.24, 2.45) is 0 Å². The number of ketones is 2. The molecule has 7 heteroatoms. The van der Waals surface area contributed by atoms with Crippen LogP contribution in [0.1, 0.15) is 40.7 Å². The van der Waals surface area contributed by atoms with Gasteiger partial charge in [0.2, 0.25) is 0 Å². The first-order chi connectivity index (χ1) is 15.0. The van der Waals surface area contributed by atoms with Gasteiger partial charge in [0.15, 0.2) is 11.6 Å². The highest BCUT2D eigenvalue weighted by Gasteiger charge is 2.39. The van der Waals surface area contributed by atoms with Crippen LogP contribution in [-0.4, -0.2) is 34.1 Å². The van der Waals surface area contributed by atoms with E-state index in [1.165, 1.54) is 4.90 Å². The average Bonchev–Trinajstić information content (AvgIpc) is 3.33. The van der Waals surface area contributed by atoms with Gasteiger partial charge in [-0.25, -0.2) is 0 Å². The van der Waals surface area contributed by atoms with Gasteiger partial charge in [-0.2, -0.15) is 0 Å². The summed E-state index contributed by atoms with van der Waals surface area (Å²) in [6, 6.07) is 12.3. The molecule has 1 amide bonds. The second-order valence-corrected chi connectivity index (χ2v) is 7.90. The zero-order valence-corrected chi connectivity index (χ0v) is 16.7. The molecule has 156 valence electrons. The first-order valence-electron chi connectivity index (χ1n) is 10.2. The maximum atomic E-state index is 13.0. The molecule has 2 heterocycles. The van der Waals surface area contributed by atoms with Crippen LogP contribution in [0.5, 0.6) is 5.75 Å². The minimum Gasteiger partial charge on any atom is -0.489 e. The molecule has 1 N–H and O–H groups in total. The number of carbonyl (C=O) groups excluding carboxylic acids is 3. The van der Waals surface area contributed by atoms with Gasteiger partial charge >= 0.3 is 0 Å². The Bertz CT molecular complexity index is 1240. The number of amides is 1. The van der Waals surface area contributed by atoms with E-state index in [0.29, 0.717) is 17.9 Å². The van der Waals surface area contributed by atoms with E-state index in [4.69, 9.17) is 14.6 Å². The number of furan rings is 1. The van der Waals surface area contributed by atoms with Gasteiger partial charge in [-0.1, -0.05) is 12.1 Å². The van der Waals surface area contributed by atoms with Gasteiger partial charge in [0.25, 0.3) is 5.91 Å². The molecule has 1 unspecified atom stereocenters. The van der Waals surface area contributed by atoms with Crippen LogP contribution in [0, 0.1) is 5.41 Å². The van der Waals surface area contributed by atoms with Crippen LogP contribution in [0.15, 0.2) is 53.1 Å². The van der Waals surface area contributed by atoms with Crippen molar-refractivity contribution in [1.82, 2.24) is 4.90 Å². The third-order valence-electron chi connectivity index (χ3n) is 5.94. The van der Waals surface area contributed by atoms with Crippen molar-refractivity contribution in [1.29, 1.82) is 5.41 Å². The Kier molecular flexibility index (Phi) is 4.66. The van der Waals surface area contributed by atoms with Gasteiger partial charge in [0.05, 0.1) is 31.0 Å². The van der Waals surface area contributed by atoms with E-state index in [2.05, 4.69) is 0 Å². The summed E-state index contributed by atoms with van der Waals surface area (Å²) >= 11 is 0. The zero-order valence-electron chi connectivity index (χ0n) is 16.7. The van der Waals surface area contributed by atoms with Gasteiger partial charge in [0.1, 0.15) is 17.9 Å². The highest BCUT2D eigenvalue weighted by molar-refractivity contribution is 6.42. The van der Waals surface area contributed by atoms with E-state index >= 15 is 0 Å². The first kappa shape index (κ1) is 19.2. The van der Waals surface area contributed by atoms with E-state index in [9.17, 15) is 14.4 Å². The summed E-state index contributed by atoms with van der Waals surface area (Å²) in [6.07, 6.45) is 1.78. The molecule has 1 aromatic heterocycles. The first-order valence-corrected chi connectivity index (χ1v) is 10.2. The fourth-order valence-electron chi connectivity index (χ4n) is 4.28. The summed E-state index contributed by atoms with van der Waals surface area (Å²) in [7, 11) is 0. The molecule has 5 rings (SSSR count). The van der Waals surface area contributed by atoms with Gasteiger partial charge in [-0.05, 0) is 42.3 Å². The highest BCUT2D eigenvalue weighted by Crippen LogP contribution is 2.34. The molecule has 0 radical (unpaired) electrons. The smallest absolute Gasteiger partial charge is 0.255 e. The summed E-state index contributed by atoms with van der Waals surface area (Å²) in [5.74, 6) is -0.212. The number of carbonyl (C=O) groups is 3. The lowest BCUT2D eigenvalue weighted by atomic mass is 10.1. The minimum atomic E-state index is -0.692. The summed E-state index contributed by atoms with van der Waals surface area (Å²) in [5, 5.41) is 8.71. The van der Waals surface area contributed by atoms with Crippen LogP contribution in [0.2, 0.25) is 0 Å². The van der Waals surface area contributed by atoms with Crippen LogP contribution in [0.4, 0.5) is 0 Å². The molecule has 31 heavy (non-hydrogen) atoms. The Labute approximate surface area is 178 Å². The lowest BCUT2D eigenvalue weighted by molar-refractivity contribution is -0.122. The second kappa shape index (κ2) is 7.50. The SMILES string of the molecule is N=C1CC(=O)C(N2Cc3c(OCc4ccc5occc5c4)cccc3C2=O)CCC1=O. The number of hydrogen-bond donors (Lipinski definition) is 1. The van der Waals surface area contributed by atoms with Crippen LogP contribution < -0.4 is 4.74 Å². The molecule has 3 aromatic rings. The molecule has 2 aromatic carbocycles. The van der Waals surface area contributed by atoms with Crippen molar-refractivity contribution in [3.63, 3.8) is 0 Å². The predicted molar refractivity (Wildman–Crippen MR) is 112 cm³/mol. The molecular weight excluding hydrogens is 396 g/mol. The van der Waals surface area contributed by atoms with E-state index < -0.39 is 6.04 Å². The normalized spacial score (nSPS) is 19.1. The average molecular weight is 416 g/mol. The summed E-state index contributed by atoms with van der Waals surface area (Å²) in [4.78, 5) is 39.0. The van der Waals surface area contributed by atoms with Crippen LogP contribution in [0.3, 0.4) is 0 Å². The molecule has 1 aliphatic carbocycles. The summed E-state index contributed by atoms with van der Waals surface area (Å²) < 4.78 is 11.4. The van der Waals surface area contributed by atoms with Crippen LogP contribution in [-0.2, 0) is 22.7 Å². The van der Waals surface area contributed by atoms with Crippen molar-refractivity contribution in [3.8, 4) is 5.75 Å². The van der Waals surface area contributed by atoms with E-state index in [1.54, 1.807) is 18.4 Å². The van der Waals surface area contributed by atoms with E-state index in [0.717, 1.165) is 22.1 Å². The largest absolute Gasteiger partial charge is 0.489 e. The van der Waals surface area contributed by atoms with Gasteiger partial charge in [-0.15, -0.1) is 0 Å². The monoisotopic (exact) mass is 416 g/mol. The molecule has 1 saturated carbocycles. The number of benzene rings is 2. The third-order valence-corrected chi connectivity index (χ3v) is 5.94. The molecule has 0 bridgehead atoms. The van der Waals surface area contributed by atoms with Gasteiger partial charge in [-0.3, -0.25) is 14.4 Å². The van der Waals surface area contributed by atoms with Crippen molar-refractivity contribution in [2.45, 2.75) is 38.5 Å². The van der Waals surface area contributed by atoms with E-state index in [1.807, 2.05) is 30.3 Å². The number of nitrogens with one attached hydrogen (secondary N) is 1.